The first-order chi connectivity index (χ1) is 14.4. The van der Waals surface area contributed by atoms with Crippen LogP contribution in [-0.2, 0) is 0 Å². The number of amides is 1. The normalized spacial score (nSPS) is 17.0. The lowest BCUT2D eigenvalue weighted by molar-refractivity contribution is 0.102. The van der Waals surface area contributed by atoms with E-state index in [-0.39, 0.29) is 27.4 Å². The number of hydrogen-bond donors (Lipinski definition) is 3. The molecule has 0 spiro atoms. The maximum absolute atomic E-state index is 14.1. The highest BCUT2D eigenvalue weighted by Gasteiger charge is 2.24. The van der Waals surface area contributed by atoms with Gasteiger partial charge in [-0.2, -0.15) is 4.37 Å². The Morgan fingerprint density at radius 2 is 2.03 bits per heavy atom. The number of hydrogen-bond acceptors (Lipinski definition) is 8. The minimum absolute atomic E-state index is 0.00146. The zero-order chi connectivity index (χ0) is 21.3. The van der Waals surface area contributed by atoms with Crippen LogP contribution in [0.25, 0.3) is 10.6 Å². The third-order valence-corrected chi connectivity index (χ3v) is 6.59. The lowest BCUT2D eigenvalue weighted by atomic mass is 10.2. The monoisotopic (exact) mass is 451 g/mol. The van der Waals surface area contributed by atoms with E-state index in [4.69, 9.17) is 5.73 Å². The number of aliphatic hydroxyl groups excluding tert-OH is 1. The summed E-state index contributed by atoms with van der Waals surface area (Å²) in [6.45, 7) is 1.40. The van der Waals surface area contributed by atoms with E-state index in [2.05, 4.69) is 19.6 Å². The van der Waals surface area contributed by atoms with Crippen LogP contribution < -0.4 is 16.0 Å². The Balaban J connectivity index is 1.56. The van der Waals surface area contributed by atoms with Gasteiger partial charge in [-0.3, -0.25) is 4.79 Å². The Bertz CT molecular complexity index is 1050. The molecule has 0 bridgehead atoms. The third-order valence-electron chi connectivity index (χ3n) is 4.83. The van der Waals surface area contributed by atoms with Gasteiger partial charge >= 0.3 is 0 Å². The van der Waals surface area contributed by atoms with E-state index in [1.54, 1.807) is 6.20 Å². The Morgan fingerprint density at radius 3 is 2.80 bits per heavy atom. The lowest BCUT2D eigenvalue weighted by Crippen LogP contribution is -2.25. The lowest BCUT2D eigenvalue weighted by Gasteiger charge is -2.21. The summed E-state index contributed by atoms with van der Waals surface area (Å²) >= 11 is 2.09. The van der Waals surface area contributed by atoms with Gasteiger partial charge in [-0.05, 0) is 42.9 Å². The molecule has 4 N–H and O–H groups in total. The summed E-state index contributed by atoms with van der Waals surface area (Å²) in [6.07, 6.45) is 3.43. The maximum Gasteiger partial charge on any atom is 0.277 e. The zero-order valence-electron chi connectivity index (χ0n) is 15.8. The van der Waals surface area contributed by atoms with E-state index < -0.39 is 17.5 Å². The van der Waals surface area contributed by atoms with Crippen molar-refractivity contribution in [3.63, 3.8) is 0 Å². The molecule has 1 aliphatic rings. The van der Waals surface area contributed by atoms with Crippen LogP contribution in [0.3, 0.4) is 0 Å². The number of rotatable bonds is 4. The number of nitrogen functional groups attached to an aromatic ring is 1. The number of nitrogens with one attached hydrogen (secondary N) is 1. The maximum atomic E-state index is 14.1. The standard InChI is InChI=1S/C19H19F2N5O2S2/c20-11-4-1-5-12(21)14(11)18-25-15(16(22)29-18)17(28)24-13-9-23-30-19(13)26-7-2-3-10(27)6-8-26/h1,4-5,9-10,27H,2-3,6-8,22H2,(H,24,28). The van der Waals surface area contributed by atoms with E-state index in [0.717, 1.165) is 47.9 Å². The fraction of sp³-hybridized carbons (Fsp3) is 0.316. The molecule has 1 saturated heterocycles. The highest BCUT2D eigenvalue weighted by Crippen LogP contribution is 2.35. The Morgan fingerprint density at radius 1 is 1.27 bits per heavy atom. The molecule has 0 aliphatic carbocycles. The Labute approximate surface area is 179 Å². The first kappa shape index (κ1) is 20.6. The van der Waals surface area contributed by atoms with Gasteiger partial charge in [-0.1, -0.05) is 17.4 Å². The SMILES string of the molecule is Nc1sc(-c2c(F)cccc2F)nc1C(=O)Nc1cnsc1N1CCCC(O)CC1. The molecule has 4 rings (SSSR count). The summed E-state index contributed by atoms with van der Waals surface area (Å²) in [6, 6.07) is 3.50. The number of thiazole rings is 1. The van der Waals surface area contributed by atoms with Gasteiger partial charge in [0.15, 0.2) is 5.69 Å². The van der Waals surface area contributed by atoms with Gasteiger partial charge in [0.2, 0.25) is 0 Å². The van der Waals surface area contributed by atoms with Gasteiger partial charge in [0.05, 0.1) is 23.6 Å². The number of anilines is 3. The number of benzene rings is 1. The molecule has 1 fully saturated rings. The molecule has 1 aliphatic heterocycles. The Hall–Kier alpha value is -2.63. The Kier molecular flexibility index (Phi) is 5.93. The van der Waals surface area contributed by atoms with E-state index in [0.29, 0.717) is 18.7 Å². The molecule has 158 valence electrons. The van der Waals surface area contributed by atoms with Crippen LogP contribution in [0.15, 0.2) is 24.4 Å². The van der Waals surface area contributed by atoms with Gasteiger partial charge in [0.25, 0.3) is 5.91 Å². The van der Waals surface area contributed by atoms with Crippen LogP contribution in [-0.4, -0.2) is 39.6 Å². The first-order valence-corrected chi connectivity index (χ1v) is 10.9. The molecule has 1 unspecified atom stereocenters. The number of nitrogens with two attached hydrogens (primary N) is 1. The first-order valence-electron chi connectivity index (χ1n) is 9.33. The van der Waals surface area contributed by atoms with Crippen LogP contribution >= 0.6 is 22.9 Å². The van der Waals surface area contributed by atoms with Gasteiger partial charge in [-0.15, -0.1) is 0 Å². The summed E-state index contributed by atoms with van der Waals surface area (Å²) in [5.41, 5.74) is 6.02. The number of carbonyl (C=O) groups is 1. The van der Waals surface area contributed by atoms with Gasteiger partial charge in [0.1, 0.15) is 26.6 Å². The summed E-state index contributed by atoms with van der Waals surface area (Å²) < 4.78 is 32.3. The molecule has 30 heavy (non-hydrogen) atoms. The van der Waals surface area contributed by atoms with Crippen LogP contribution in [0.5, 0.6) is 0 Å². The summed E-state index contributed by atoms with van der Waals surface area (Å²) in [4.78, 5) is 19.0. The molecule has 1 atom stereocenters. The van der Waals surface area contributed by atoms with Crippen molar-refractivity contribution in [2.75, 3.05) is 29.0 Å². The number of aromatic nitrogens is 2. The molecular formula is C19H19F2N5O2S2. The fourth-order valence-corrected chi connectivity index (χ4v) is 4.95. The fourth-order valence-electron chi connectivity index (χ4n) is 3.31. The minimum atomic E-state index is -0.775. The number of nitrogens with zero attached hydrogens (tertiary/aromatic N) is 3. The van der Waals surface area contributed by atoms with E-state index in [9.17, 15) is 18.7 Å². The topological polar surface area (TPSA) is 104 Å². The quantitative estimate of drug-likeness (QED) is 0.558. The zero-order valence-corrected chi connectivity index (χ0v) is 17.4. The largest absolute Gasteiger partial charge is 0.393 e. The van der Waals surface area contributed by atoms with Crippen LogP contribution in [0.4, 0.5) is 24.5 Å². The predicted molar refractivity (Wildman–Crippen MR) is 114 cm³/mol. The highest BCUT2D eigenvalue weighted by molar-refractivity contribution is 7.19. The summed E-state index contributed by atoms with van der Waals surface area (Å²) in [5, 5.41) is 13.4. The molecule has 7 nitrogen and oxygen atoms in total. The molecule has 1 aromatic carbocycles. The number of aliphatic hydroxyl groups is 1. The highest BCUT2D eigenvalue weighted by atomic mass is 32.1. The van der Waals surface area contributed by atoms with Crippen molar-refractivity contribution in [3.05, 3.63) is 41.7 Å². The average Bonchev–Trinajstić information content (AvgIpc) is 3.24. The van der Waals surface area contributed by atoms with E-state index in [1.165, 1.54) is 17.6 Å². The van der Waals surface area contributed by atoms with Crippen molar-refractivity contribution >= 4 is 44.5 Å². The summed E-state index contributed by atoms with van der Waals surface area (Å²) in [5.74, 6) is -2.13. The summed E-state index contributed by atoms with van der Waals surface area (Å²) in [7, 11) is 0. The third kappa shape index (κ3) is 4.13. The van der Waals surface area contributed by atoms with Crippen molar-refractivity contribution < 1.29 is 18.7 Å². The smallest absolute Gasteiger partial charge is 0.277 e. The van der Waals surface area contributed by atoms with Crippen LogP contribution in [0, 0.1) is 11.6 Å². The minimum Gasteiger partial charge on any atom is -0.393 e. The molecular weight excluding hydrogens is 432 g/mol. The van der Waals surface area contributed by atoms with E-state index in [1.807, 2.05) is 0 Å². The molecule has 1 amide bonds. The van der Waals surface area contributed by atoms with Crippen LogP contribution in [0.2, 0.25) is 0 Å². The molecule has 0 saturated carbocycles. The second-order valence-corrected chi connectivity index (χ2v) is 8.71. The molecule has 3 heterocycles. The molecule has 3 aromatic rings. The van der Waals surface area contributed by atoms with Gasteiger partial charge < -0.3 is 21.1 Å². The van der Waals surface area contributed by atoms with Gasteiger partial charge in [0, 0.05) is 13.1 Å². The van der Waals surface area contributed by atoms with Crippen molar-refractivity contribution in [3.8, 4) is 10.6 Å². The molecule has 11 heteroatoms. The average molecular weight is 452 g/mol. The van der Waals surface area contributed by atoms with Gasteiger partial charge in [-0.25, -0.2) is 13.8 Å². The van der Waals surface area contributed by atoms with Crippen molar-refractivity contribution in [1.29, 1.82) is 0 Å². The second-order valence-electron chi connectivity index (χ2n) is 6.90. The van der Waals surface area contributed by atoms with Crippen LogP contribution in [0.1, 0.15) is 29.8 Å². The number of carbonyl (C=O) groups excluding carboxylic acids is 1. The molecule has 0 radical (unpaired) electrons. The van der Waals surface area contributed by atoms with Crippen molar-refractivity contribution in [1.82, 2.24) is 9.36 Å². The predicted octanol–water partition coefficient (Wildman–Crippen LogP) is 3.73. The van der Waals surface area contributed by atoms with Crippen molar-refractivity contribution in [2.45, 2.75) is 25.4 Å². The molecule has 2 aromatic heterocycles. The second kappa shape index (κ2) is 8.62. The number of halogens is 2. The van der Waals surface area contributed by atoms with Crippen molar-refractivity contribution in [2.24, 2.45) is 0 Å². The van der Waals surface area contributed by atoms with E-state index >= 15 is 0 Å².